The van der Waals surface area contributed by atoms with Crippen molar-refractivity contribution >= 4 is 17.4 Å². The fourth-order valence-electron chi connectivity index (χ4n) is 1.63. The maximum absolute atomic E-state index is 11.2. The van der Waals surface area contributed by atoms with E-state index in [2.05, 4.69) is 0 Å². The lowest BCUT2D eigenvalue weighted by molar-refractivity contribution is -0.119. The van der Waals surface area contributed by atoms with Crippen LogP contribution in [0.1, 0.15) is 12.0 Å². The first-order chi connectivity index (χ1) is 7.25. The lowest BCUT2D eigenvalue weighted by Crippen LogP contribution is -2.27. The summed E-state index contributed by atoms with van der Waals surface area (Å²) in [6.07, 6.45) is 4.41. The average Bonchev–Trinajstić information content (AvgIpc) is 2.22. The second kappa shape index (κ2) is 4.49. The monoisotopic (exact) mass is 221 g/mol. The van der Waals surface area contributed by atoms with Gasteiger partial charge in [0.2, 0.25) is 0 Å². The number of hydrogen-bond donors (Lipinski definition) is 0. The van der Waals surface area contributed by atoms with Crippen LogP contribution in [-0.2, 0) is 11.3 Å². The van der Waals surface area contributed by atoms with Crippen LogP contribution in [0.4, 0.5) is 0 Å². The van der Waals surface area contributed by atoms with E-state index in [0.29, 0.717) is 19.5 Å². The van der Waals surface area contributed by atoms with E-state index in [0.717, 1.165) is 10.6 Å². The van der Waals surface area contributed by atoms with Gasteiger partial charge in [-0.1, -0.05) is 35.9 Å². The molecule has 15 heavy (non-hydrogen) atoms. The fraction of sp³-hybridized carbons (Fsp3) is 0.250. The lowest BCUT2D eigenvalue weighted by Gasteiger charge is -2.22. The molecule has 0 radical (unpaired) electrons. The van der Waals surface area contributed by atoms with E-state index in [1.807, 2.05) is 41.4 Å². The molecule has 1 aromatic rings. The first kappa shape index (κ1) is 10.2. The summed E-state index contributed by atoms with van der Waals surface area (Å²) in [5, 5.41) is 0.754. The van der Waals surface area contributed by atoms with Gasteiger partial charge in [0.1, 0.15) is 0 Å². The highest BCUT2D eigenvalue weighted by Crippen LogP contribution is 2.18. The smallest absolute Gasteiger partial charge is 0.155 e. The van der Waals surface area contributed by atoms with Crippen LogP contribution in [-0.4, -0.2) is 17.2 Å². The van der Waals surface area contributed by atoms with E-state index in [1.54, 1.807) is 0 Å². The number of rotatable bonds is 2. The van der Waals surface area contributed by atoms with E-state index in [1.165, 1.54) is 0 Å². The van der Waals surface area contributed by atoms with E-state index in [-0.39, 0.29) is 5.78 Å². The molecule has 0 saturated heterocycles. The van der Waals surface area contributed by atoms with Gasteiger partial charge in [-0.2, -0.15) is 0 Å². The van der Waals surface area contributed by atoms with Gasteiger partial charge in [0.05, 0.1) is 6.54 Å². The number of halogens is 1. The summed E-state index contributed by atoms with van der Waals surface area (Å²) in [7, 11) is 0. The molecule has 0 saturated carbocycles. The number of carbonyl (C=O) groups is 1. The molecular weight excluding hydrogens is 210 g/mol. The molecular formula is C12H12ClNO. The number of benzene rings is 1. The zero-order valence-corrected chi connectivity index (χ0v) is 9.07. The summed E-state index contributed by atoms with van der Waals surface area (Å²) in [6.45, 7) is 1.18. The number of carbonyl (C=O) groups excluding carboxylic acids is 1. The molecule has 2 rings (SSSR count). The lowest BCUT2D eigenvalue weighted by atomic mass is 10.1. The van der Waals surface area contributed by atoms with Crippen molar-refractivity contribution in [3.63, 3.8) is 0 Å². The number of ketones is 1. The second-order valence-corrected chi connectivity index (χ2v) is 4.03. The minimum Gasteiger partial charge on any atom is -0.366 e. The normalized spacial score (nSPS) is 15.8. The summed E-state index contributed by atoms with van der Waals surface area (Å²) in [5.41, 5.74) is 1.05. The van der Waals surface area contributed by atoms with E-state index >= 15 is 0 Å². The second-order valence-electron chi connectivity index (χ2n) is 3.62. The third-order valence-electron chi connectivity index (χ3n) is 2.37. The van der Waals surface area contributed by atoms with Crippen molar-refractivity contribution in [3.05, 3.63) is 47.1 Å². The van der Waals surface area contributed by atoms with Crippen LogP contribution in [0, 0.1) is 0 Å². The Morgan fingerprint density at radius 1 is 1.33 bits per heavy atom. The highest BCUT2D eigenvalue weighted by Gasteiger charge is 2.12. The Bertz CT molecular complexity index is 400. The van der Waals surface area contributed by atoms with Gasteiger partial charge < -0.3 is 4.90 Å². The SMILES string of the molecule is O=C1CC=CN(Cc2ccccc2Cl)C1. The van der Waals surface area contributed by atoms with E-state index in [4.69, 9.17) is 11.6 Å². The zero-order chi connectivity index (χ0) is 10.7. The van der Waals surface area contributed by atoms with Gasteiger partial charge in [0, 0.05) is 18.0 Å². The molecule has 0 amide bonds. The van der Waals surface area contributed by atoms with Crippen LogP contribution in [0.2, 0.25) is 5.02 Å². The molecule has 0 atom stereocenters. The summed E-state index contributed by atoms with van der Waals surface area (Å²) in [5.74, 6) is 0.254. The minimum atomic E-state index is 0.254. The largest absolute Gasteiger partial charge is 0.366 e. The number of allylic oxidation sites excluding steroid dienone is 1. The van der Waals surface area contributed by atoms with Crippen LogP contribution in [0.5, 0.6) is 0 Å². The Morgan fingerprint density at radius 3 is 2.87 bits per heavy atom. The topological polar surface area (TPSA) is 20.3 Å². The van der Waals surface area contributed by atoms with Crippen molar-refractivity contribution in [2.75, 3.05) is 6.54 Å². The van der Waals surface area contributed by atoms with Crippen molar-refractivity contribution in [2.24, 2.45) is 0 Å². The standard InChI is InChI=1S/C12H12ClNO/c13-12-6-2-1-4-10(12)8-14-7-3-5-11(15)9-14/h1-4,6-7H,5,8-9H2. The van der Waals surface area contributed by atoms with Crippen LogP contribution in [0.15, 0.2) is 36.5 Å². The van der Waals surface area contributed by atoms with Crippen LogP contribution >= 0.6 is 11.6 Å². The van der Waals surface area contributed by atoms with E-state index in [9.17, 15) is 4.79 Å². The highest BCUT2D eigenvalue weighted by molar-refractivity contribution is 6.31. The van der Waals surface area contributed by atoms with Crippen molar-refractivity contribution in [1.82, 2.24) is 4.90 Å². The molecule has 0 unspecified atom stereocenters. The third kappa shape index (κ3) is 2.60. The molecule has 0 fully saturated rings. The van der Waals surface area contributed by atoms with Gasteiger partial charge >= 0.3 is 0 Å². The molecule has 0 aliphatic carbocycles. The number of Topliss-reactive ketones (excluding diaryl/α,β-unsaturated/α-hetero) is 1. The molecule has 3 heteroatoms. The van der Waals surface area contributed by atoms with Crippen LogP contribution in [0.25, 0.3) is 0 Å². The minimum absolute atomic E-state index is 0.254. The molecule has 1 aliphatic rings. The van der Waals surface area contributed by atoms with Crippen molar-refractivity contribution in [1.29, 1.82) is 0 Å². The molecule has 78 valence electrons. The van der Waals surface area contributed by atoms with Crippen molar-refractivity contribution < 1.29 is 4.79 Å². The van der Waals surface area contributed by atoms with Gasteiger partial charge in [-0.05, 0) is 17.8 Å². The van der Waals surface area contributed by atoms with Gasteiger partial charge in [0.25, 0.3) is 0 Å². The quantitative estimate of drug-likeness (QED) is 0.765. The van der Waals surface area contributed by atoms with Gasteiger partial charge in [-0.25, -0.2) is 0 Å². The Balaban J connectivity index is 2.09. The first-order valence-corrected chi connectivity index (χ1v) is 5.29. The molecule has 1 aliphatic heterocycles. The Morgan fingerprint density at radius 2 is 2.13 bits per heavy atom. The fourth-order valence-corrected chi connectivity index (χ4v) is 1.83. The maximum Gasteiger partial charge on any atom is 0.155 e. The van der Waals surface area contributed by atoms with Gasteiger partial charge in [0.15, 0.2) is 5.78 Å². The molecule has 0 spiro atoms. The molecule has 1 heterocycles. The van der Waals surface area contributed by atoms with E-state index < -0.39 is 0 Å². The van der Waals surface area contributed by atoms with Crippen LogP contribution < -0.4 is 0 Å². The van der Waals surface area contributed by atoms with Gasteiger partial charge in [-0.3, -0.25) is 4.79 Å². The maximum atomic E-state index is 11.2. The predicted octanol–water partition coefficient (Wildman–Crippen LogP) is 2.63. The Hall–Kier alpha value is -1.28. The number of hydrogen-bond acceptors (Lipinski definition) is 2. The summed E-state index contributed by atoms with van der Waals surface area (Å²) in [6, 6.07) is 7.71. The molecule has 2 nitrogen and oxygen atoms in total. The summed E-state index contributed by atoms with van der Waals surface area (Å²) >= 11 is 6.04. The summed E-state index contributed by atoms with van der Waals surface area (Å²) < 4.78 is 0. The molecule has 0 bridgehead atoms. The zero-order valence-electron chi connectivity index (χ0n) is 8.32. The number of nitrogens with zero attached hydrogens (tertiary/aromatic N) is 1. The van der Waals surface area contributed by atoms with Crippen molar-refractivity contribution in [3.8, 4) is 0 Å². The average molecular weight is 222 g/mol. The molecule has 1 aromatic carbocycles. The van der Waals surface area contributed by atoms with Gasteiger partial charge in [-0.15, -0.1) is 0 Å². The molecule has 0 aromatic heterocycles. The van der Waals surface area contributed by atoms with Crippen LogP contribution in [0.3, 0.4) is 0 Å². The summed E-state index contributed by atoms with van der Waals surface area (Å²) in [4.78, 5) is 13.2. The molecule has 0 N–H and O–H groups in total. The Kier molecular flexibility index (Phi) is 3.07. The Labute approximate surface area is 94.2 Å². The highest BCUT2D eigenvalue weighted by atomic mass is 35.5. The predicted molar refractivity (Wildman–Crippen MR) is 60.6 cm³/mol. The third-order valence-corrected chi connectivity index (χ3v) is 2.74. The first-order valence-electron chi connectivity index (χ1n) is 4.91. The van der Waals surface area contributed by atoms with Crippen molar-refractivity contribution in [2.45, 2.75) is 13.0 Å².